The van der Waals surface area contributed by atoms with Gasteiger partial charge in [0.25, 0.3) is 5.91 Å². The normalized spacial score (nSPS) is 15.9. The zero-order valence-corrected chi connectivity index (χ0v) is 14.9. The number of benzene rings is 2. The molecule has 0 unspecified atom stereocenters. The van der Waals surface area contributed by atoms with Crippen LogP contribution in [-0.4, -0.2) is 54.0 Å². The number of amides is 1. The molecule has 1 aliphatic rings. The Morgan fingerprint density at radius 2 is 1.65 bits per heavy atom. The van der Waals surface area contributed by atoms with Crippen molar-refractivity contribution < 1.29 is 4.79 Å². The Morgan fingerprint density at radius 3 is 2.42 bits per heavy atom. The van der Waals surface area contributed by atoms with Crippen LogP contribution in [0.3, 0.4) is 0 Å². The van der Waals surface area contributed by atoms with Crippen molar-refractivity contribution in [3.8, 4) is 11.3 Å². The van der Waals surface area contributed by atoms with Gasteiger partial charge in [-0.15, -0.1) is 0 Å². The Bertz CT molecular complexity index is 918. The molecule has 1 saturated heterocycles. The molecule has 2 aromatic carbocycles. The number of fused-ring (bicyclic) bond motifs is 1. The van der Waals surface area contributed by atoms with Crippen molar-refractivity contribution in [1.82, 2.24) is 20.3 Å². The van der Waals surface area contributed by atoms with E-state index in [2.05, 4.69) is 17.4 Å². The van der Waals surface area contributed by atoms with Crippen LogP contribution in [0.5, 0.6) is 0 Å². The van der Waals surface area contributed by atoms with E-state index < -0.39 is 0 Å². The summed E-state index contributed by atoms with van der Waals surface area (Å²) >= 11 is 0. The summed E-state index contributed by atoms with van der Waals surface area (Å²) in [5.74, 6) is -0.0784. The first-order valence-corrected chi connectivity index (χ1v) is 8.90. The Morgan fingerprint density at radius 1 is 0.962 bits per heavy atom. The molecule has 0 bridgehead atoms. The second kappa shape index (κ2) is 7.23. The van der Waals surface area contributed by atoms with E-state index in [1.807, 2.05) is 65.7 Å². The molecule has 5 heteroatoms. The van der Waals surface area contributed by atoms with Gasteiger partial charge in [-0.05, 0) is 19.2 Å². The van der Waals surface area contributed by atoms with Crippen molar-refractivity contribution in [1.29, 1.82) is 0 Å². The van der Waals surface area contributed by atoms with Gasteiger partial charge < -0.3 is 4.90 Å². The number of hydrazine groups is 1. The summed E-state index contributed by atoms with van der Waals surface area (Å²) < 4.78 is 0. The highest BCUT2D eigenvalue weighted by Crippen LogP contribution is 2.24. The highest BCUT2D eigenvalue weighted by molar-refractivity contribution is 6.07. The quantitative estimate of drug-likeness (QED) is 0.792. The van der Waals surface area contributed by atoms with E-state index in [9.17, 15) is 4.79 Å². The standard InChI is InChI=1S/C21H22N4O/c1-24-11-13-25(14-12-24)23-21(26)18-15-20(16-7-3-2-4-8-16)22-19-10-6-5-9-17(18)19/h2-10,15H,11-14H2,1H3,(H,23,26). The van der Waals surface area contributed by atoms with Crippen molar-refractivity contribution in [2.24, 2.45) is 0 Å². The average molecular weight is 346 g/mol. The molecule has 0 atom stereocenters. The molecule has 0 spiro atoms. The lowest BCUT2D eigenvalue weighted by Crippen LogP contribution is -2.52. The van der Waals surface area contributed by atoms with Crippen LogP contribution in [-0.2, 0) is 0 Å². The van der Waals surface area contributed by atoms with Gasteiger partial charge in [0.1, 0.15) is 0 Å². The first-order chi connectivity index (χ1) is 12.7. The summed E-state index contributed by atoms with van der Waals surface area (Å²) in [5, 5.41) is 2.87. The first kappa shape index (κ1) is 16.7. The second-order valence-electron chi connectivity index (χ2n) is 6.67. The predicted molar refractivity (Wildman–Crippen MR) is 104 cm³/mol. The Balaban J connectivity index is 1.70. The maximum absolute atomic E-state index is 13.0. The molecule has 4 rings (SSSR count). The van der Waals surface area contributed by atoms with Gasteiger partial charge in [0.2, 0.25) is 0 Å². The van der Waals surface area contributed by atoms with Crippen LogP contribution in [0.25, 0.3) is 22.2 Å². The highest BCUT2D eigenvalue weighted by atomic mass is 16.2. The van der Waals surface area contributed by atoms with Crippen LogP contribution in [0.1, 0.15) is 10.4 Å². The first-order valence-electron chi connectivity index (χ1n) is 8.90. The fourth-order valence-electron chi connectivity index (χ4n) is 3.24. The number of pyridine rings is 1. The van der Waals surface area contributed by atoms with E-state index >= 15 is 0 Å². The molecule has 1 N–H and O–H groups in total. The summed E-state index contributed by atoms with van der Waals surface area (Å²) in [6.45, 7) is 3.56. The van der Waals surface area contributed by atoms with Crippen LogP contribution >= 0.6 is 0 Å². The van der Waals surface area contributed by atoms with Crippen LogP contribution in [0, 0.1) is 0 Å². The molecule has 1 aromatic heterocycles. The van der Waals surface area contributed by atoms with Crippen molar-refractivity contribution in [2.75, 3.05) is 33.2 Å². The lowest BCUT2D eigenvalue weighted by molar-refractivity contribution is 0.0664. The molecule has 0 aliphatic carbocycles. The van der Waals surface area contributed by atoms with Gasteiger partial charge in [0, 0.05) is 37.1 Å². The smallest absolute Gasteiger partial charge is 0.266 e. The predicted octanol–water partition coefficient (Wildman–Crippen LogP) is 2.79. The van der Waals surface area contributed by atoms with Crippen LogP contribution in [0.4, 0.5) is 0 Å². The molecule has 1 fully saturated rings. The van der Waals surface area contributed by atoms with Crippen molar-refractivity contribution >= 4 is 16.8 Å². The molecule has 2 heterocycles. The maximum atomic E-state index is 13.0. The van der Waals surface area contributed by atoms with Gasteiger partial charge in [0.15, 0.2) is 0 Å². The monoisotopic (exact) mass is 346 g/mol. The number of piperazine rings is 1. The number of carbonyl (C=O) groups excluding carboxylic acids is 1. The van der Waals surface area contributed by atoms with E-state index in [-0.39, 0.29) is 5.91 Å². The number of para-hydroxylation sites is 1. The number of carbonyl (C=O) groups is 1. The zero-order valence-electron chi connectivity index (χ0n) is 14.9. The molecule has 0 saturated carbocycles. The summed E-state index contributed by atoms with van der Waals surface area (Å²) in [6, 6.07) is 19.7. The molecule has 5 nitrogen and oxygen atoms in total. The fraction of sp³-hybridized carbons (Fsp3) is 0.238. The van der Waals surface area contributed by atoms with E-state index in [0.717, 1.165) is 48.3 Å². The molecular weight excluding hydrogens is 324 g/mol. The van der Waals surface area contributed by atoms with Crippen molar-refractivity contribution in [3.63, 3.8) is 0 Å². The summed E-state index contributed by atoms with van der Waals surface area (Å²) in [4.78, 5) is 20.0. The third kappa shape index (κ3) is 3.45. The van der Waals surface area contributed by atoms with Gasteiger partial charge in [0.05, 0.1) is 16.8 Å². The SMILES string of the molecule is CN1CCN(NC(=O)c2cc(-c3ccccc3)nc3ccccc23)CC1. The van der Waals surface area contributed by atoms with Crippen LogP contribution < -0.4 is 5.43 Å². The average Bonchev–Trinajstić information content (AvgIpc) is 2.69. The van der Waals surface area contributed by atoms with Gasteiger partial charge in [-0.3, -0.25) is 10.2 Å². The summed E-state index contributed by atoms with van der Waals surface area (Å²) in [6.07, 6.45) is 0. The van der Waals surface area contributed by atoms with Crippen molar-refractivity contribution in [3.05, 3.63) is 66.2 Å². The lowest BCUT2D eigenvalue weighted by Gasteiger charge is -2.32. The Kier molecular flexibility index (Phi) is 4.65. The third-order valence-corrected chi connectivity index (χ3v) is 4.79. The fourth-order valence-corrected chi connectivity index (χ4v) is 3.24. The molecule has 1 aliphatic heterocycles. The number of hydrogen-bond acceptors (Lipinski definition) is 4. The van der Waals surface area contributed by atoms with Gasteiger partial charge >= 0.3 is 0 Å². The van der Waals surface area contributed by atoms with Crippen molar-refractivity contribution in [2.45, 2.75) is 0 Å². The van der Waals surface area contributed by atoms with Gasteiger partial charge in [-0.1, -0.05) is 48.5 Å². The summed E-state index contributed by atoms with van der Waals surface area (Å²) in [7, 11) is 2.10. The topological polar surface area (TPSA) is 48.5 Å². The molecule has 26 heavy (non-hydrogen) atoms. The third-order valence-electron chi connectivity index (χ3n) is 4.79. The molecule has 3 aromatic rings. The largest absolute Gasteiger partial charge is 0.304 e. The minimum atomic E-state index is -0.0784. The Hall–Kier alpha value is -2.76. The number of likely N-dealkylation sites (N-methyl/N-ethyl adjacent to an activating group) is 1. The molecule has 1 amide bonds. The maximum Gasteiger partial charge on any atom is 0.266 e. The lowest BCUT2D eigenvalue weighted by atomic mass is 10.0. The minimum Gasteiger partial charge on any atom is -0.304 e. The molecule has 132 valence electrons. The van der Waals surface area contributed by atoms with Gasteiger partial charge in [-0.25, -0.2) is 9.99 Å². The van der Waals surface area contributed by atoms with E-state index in [0.29, 0.717) is 5.56 Å². The number of hydrogen-bond donors (Lipinski definition) is 1. The van der Waals surface area contributed by atoms with E-state index in [4.69, 9.17) is 4.98 Å². The van der Waals surface area contributed by atoms with E-state index in [1.165, 1.54) is 0 Å². The number of rotatable bonds is 3. The number of aromatic nitrogens is 1. The minimum absolute atomic E-state index is 0.0784. The van der Waals surface area contributed by atoms with E-state index in [1.54, 1.807) is 0 Å². The molecular formula is C21H22N4O. The number of nitrogens with zero attached hydrogens (tertiary/aromatic N) is 3. The number of nitrogens with one attached hydrogen (secondary N) is 1. The van der Waals surface area contributed by atoms with Crippen LogP contribution in [0.2, 0.25) is 0 Å². The Labute approximate surface area is 153 Å². The molecule has 0 radical (unpaired) electrons. The second-order valence-corrected chi connectivity index (χ2v) is 6.67. The zero-order chi connectivity index (χ0) is 17.9. The van der Waals surface area contributed by atoms with Crippen LogP contribution in [0.15, 0.2) is 60.7 Å². The van der Waals surface area contributed by atoms with Gasteiger partial charge in [-0.2, -0.15) is 0 Å². The highest BCUT2D eigenvalue weighted by Gasteiger charge is 2.19. The summed E-state index contributed by atoms with van der Waals surface area (Å²) in [5.41, 5.74) is 6.38.